The van der Waals surface area contributed by atoms with E-state index in [9.17, 15) is 4.39 Å². The first-order valence-electron chi connectivity index (χ1n) is 5.26. The first kappa shape index (κ1) is 11.7. The molecule has 2 nitrogen and oxygen atoms in total. The van der Waals surface area contributed by atoms with Gasteiger partial charge in [0.05, 0.1) is 0 Å². The minimum absolute atomic E-state index is 0.263. The number of benzene rings is 1. The quantitative estimate of drug-likeness (QED) is 0.706. The molecule has 0 bridgehead atoms. The summed E-state index contributed by atoms with van der Waals surface area (Å²) in [6.07, 6.45) is 0. The molecule has 0 amide bonds. The third-order valence-electron chi connectivity index (χ3n) is 2.38. The maximum atomic E-state index is 12.9. The summed E-state index contributed by atoms with van der Waals surface area (Å²) in [6, 6.07) is 6.22. The molecule has 4 heteroatoms. The van der Waals surface area contributed by atoms with E-state index in [-0.39, 0.29) is 5.82 Å². The Morgan fingerprint density at radius 3 is 2.47 bits per heavy atom. The lowest BCUT2D eigenvalue weighted by Gasteiger charge is -2.02. The third-order valence-corrected chi connectivity index (χ3v) is 3.63. The monoisotopic (exact) mass is 246 g/mol. The second-order valence-corrected chi connectivity index (χ2v) is 4.99. The van der Waals surface area contributed by atoms with E-state index in [1.165, 1.54) is 23.5 Å². The Morgan fingerprint density at radius 1 is 1.29 bits per heavy atom. The van der Waals surface area contributed by atoms with Gasteiger partial charge in [-0.2, -0.15) is 0 Å². The molecule has 0 saturated heterocycles. The van der Waals surface area contributed by atoms with Crippen LogP contribution in [0.5, 0.6) is 0 Å². The molecule has 1 heterocycles. The first-order chi connectivity index (χ1) is 8.11. The smallest absolute Gasteiger partial charge is 0.330 e. The maximum Gasteiger partial charge on any atom is 0.330 e. The highest BCUT2D eigenvalue weighted by Gasteiger charge is 2.18. The number of hydrogen-bond acceptors (Lipinski definition) is 2. The van der Waals surface area contributed by atoms with Crippen LogP contribution in [0.2, 0.25) is 0 Å². The van der Waals surface area contributed by atoms with Crippen molar-refractivity contribution in [3.8, 4) is 11.3 Å². The minimum atomic E-state index is -0.263. The number of rotatable bonds is 2. The van der Waals surface area contributed by atoms with Crippen LogP contribution in [0.4, 0.5) is 9.52 Å². The van der Waals surface area contributed by atoms with E-state index in [0.29, 0.717) is 11.0 Å². The van der Waals surface area contributed by atoms with E-state index < -0.39 is 0 Å². The summed E-state index contributed by atoms with van der Waals surface area (Å²) < 4.78 is 12.9. The minimum Gasteiger partial charge on any atom is -0.351 e. The topological polar surface area (TPSA) is 17.2 Å². The fourth-order valence-electron chi connectivity index (χ4n) is 1.57. The van der Waals surface area contributed by atoms with Gasteiger partial charge in [0.1, 0.15) is 5.82 Å². The predicted molar refractivity (Wildman–Crippen MR) is 67.9 cm³/mol. The largest absolute Gasteiger partial charge is 0.351 e. The standard InChI is InChI=1S/C13H11FN2S/c1-8(2)12-11(16-13(15-3)17-12)9-4-6-10(14)7-5-9/h4-8H,1-2H3. The lowest BCUT2D eigenvalue weighted by atomic mass is 10.1. The van der Waals surface area contributed by atoms with Crippen molar-refractivity contribution in [2.24, 2.45) is 0 Å². The molecule has 0 N–H and O–H groups in total. The number of hydrogen-bond donors (Lipinski definition) is 0. The highest BCUT2D eigenvalue weighted by atomic mass is 32.1. The highest BCUT2D eigenvalue weighted by molar-refractivity contribution is 7.16. The summed E-state index contributed by atoms with van der Waals surface area (Å²) >= 11 is 1.41. The number of halogens is 1. The van der Waals surface area contributed by atoms with Gasteiger partial charge in [0, 0.05) is 10.4 Å². The zero-order valence-electron chi connectivity index (χ0n) is 9.57. The summed E-state index contributed by atoms with van der Waals surface area (Å²) in [4.78, 5) is 8.72. The molecule has 2 rings (SSSR count). The van der Waals surface area contributed by atoms with Gasteiger partial charge >= 0.3 is 5.13 Å². The summed E-state index contributed by atoms with van der Waals surface area (Å²) in [5.74, 6) is 0.0449. The molecule has 0 unspecified atom stereocenters. The number of aromatic nitrogens is 1. The van der Waals surface area contributed by atoms with Crippen LogP contribution in [-0.4, -0.2) is 4.98 Å². The van der Waals surface area contributed by atoms with Gasteiger partial charge in [0.25, 0.3) is 0 Å². The van der Waals surface area contributed by atoms with Crippen LogP contribution >= 0.6 is 11.3 Å². The van der Waals surface area contributed by atoms with Crippen LogP contribution in [0.25, 0.3) is 16.1 Å². The molecular formula is C13H11FN2S. The molecule has 1 aromatic heterocycles. The molecule has 0 aliphatic rings. The zero-order valence-corrected chi connectivity index (χ0v) is 10.4. The van der Waals surface area contributed by atoms with Crippen LogP contribution in [0.15, 0.2) is 24.3 Å². The average Bonchev–Trinajstić information content (AvgIpc) is 2.74. The lowest BCUT2D eigenvalue weighted by molar-refractivity contribution is 0.628. The predicted octanol–water partition coefficient (Wildman–Crippen LogP) is 4.62. The van der Waals surface area contributed by atoms with Gasteiger partial charge in [-0.15, -0.1) is 16.3 Å². The van der Waals surface area contributed by atoms with Gasteiger partial charge in [-0.3, -0.25) is 0 Å². The molecule has 17 heavy (non-hydrogen) atoms. The van der Waals surface area contributed by atoms with E-state index in [4.69, 9.17) is 6.57 Å². The van der Waals surface area contributed by atoms with Crippen molar-refractivity contribution in [3.05, 3.63) is 46.4 Å². The Morgan fingerprint density at radius 2 is 1.94 bits per heavy atom. The van der Waals surface area contributed by atoms with Gasteiger partial charge in [-0.1, -0.05) is 20.4 Å². The van der Waals surface area contributed by atoms with Crippen LogP contribution in [0.3, 0.4) is 0 Å². The molecule has 86 valence electrons. The molecule has 0 aliphatic carbocycles. The van der Waals surface area contributed by atoms with E-state index >= 15 is 0 Å². The average molecular weight is 246 g/mol. The molecule has 0 spiro atoms. The summed E-state index contributed by atoms with van der Waals surface area (Å²) in [7, 11) is 0. The second-order valence-electron chi connectivity index (χ2n) is 3.98. The fourth-order valence-corrected chi connectivity index (χ4v) is 2.45. The number of nitrogens with zero attached hydrogens (tertiary/aromatic N) is 2. The molecule has 0 fully saturated rings. The van der Waals surface area contributed by atoms with Crippen molar-refractivity contribution >= 4 is 16.5 Å². The highest BCUT2D eigenvalue weighted by Crippen LogP contribution is 2.37. The Hall–Kier alpha value is -1.73. The van der Waals surface area contributed by atoms with E-state index in [2.05, 4.69) is 23.7 Å². The molecule has 0 aliphatic heterocycles. The van der Waals surface area contributed by atoms with Crippen LogP contribution < -0.4 is 0 Å². The second kappa shape index (κ2) is 4.64. The molecule has 0 saturated carbocycles. The Kier molecular flexibility index (Phi) is 3.21. The van der Waals surface area contributed by atoms with Crippen molar-refractivity contribution in [3.63, 3.8) is 0 Å². The Balaban J connectivity index is 2.54. The summed E-state index contributed by atoms with van der Waals surface area (Å²) in [6.45, 7) is 11.1. The zero-order chi connectivity index (χ0) is 12.4. The van der Waals surface area contributed by atoms with Crippen molar-refractivity contribution in [1.82, 2.24) is 4.98 Å². The van der Waals surface area contributed by atoms with Gasteiger partial charge in [-0.25, -0.2) is 4.39 Å². The van der Waals surface area contributed by atoms with Crippen LogP contribution in [0.1, 0.15) is 24.6 Å². The molecule has 0 atom stereocenters. The van der Waals surface area contributed by atoms with E-state index in [1.807, 2.05) is 0 Å². The molecule has 2 aromatic rings. The fraction of sp³-hybridized carbons (Fsp3) is 0.231. The first-order valence-corrected chi connectivity index (χ1v) is 6.07. The Labute approximate surface area is 104 Å². The van der Waals surface area contributed by atoms with Crippen LogP contribution in [-0.2, 0) is 0 Å². The van der Waals surface area contributed by atoms with Gasteiger partial charge in [0.2, 0.25) is 0 Å². The maximum absolute atomic E-state index is 12.9. The molecular weight excluding hydrogens is 235 g/mol. The van der Waals surface area contributed by atoms with Gasteiger partial charge in [-0.05, 0) is 30.2 Å². The van der Waals surface area contributed by atoms with E-state index in [0.717, 1.165) is 16.1 Å². The van der Waals surface area contributed by atoms with Crippen molar-refractivity contribution in [1.29, 1.82) is 0 Å². The lowest BCUT2D eigenvalue weighted by Crippen LogP contribution is -1.88. The van der Waals surface area contributed by atoms with Crippen molar-refractivity contribution < 1.29 is 4.39 Å². The van der Waals surface area contributed by atoms with Gasteiger partial charge in [0.15, 0.2) is 5.69 Å². The van der Waals surface area contributed by atoms with Crippen molar-refractivity contribution in [2.45, 2.75) is 19.8 Å². The Bertz CT molecular complexity index is 564. The van der Waals surface area contributed by atoms with Gasteiger partial charge < -0.3 is 4.85 Å². The van der Waals surface area contributed by atoms with E-state index in [1.54, 1.807) is 12.1 Å². The molecule has 0 radical (unpaired) electrons. The summed E-state index contributed by atoms with van der Waals surface area (Å²) in [5, 5.41) is 0.438. The van der Waals surface area contributed by atoms with Crippen LogP contribution in [0, 0.1) is 12.4 Å². The normalized spacial score (nSPS) is 10.5. The molecule has 1 aromatic carbocycles. The number of thiazole rings is 1. The third kappa shape index (κ3) is 2.34. The van der Waals surface area contributed by atoms with Crippen molar-refractivity contribution in [2.75, 3.05) is 0 Å². The SMILES string of the molecule is [C-]#[N+]c1nc(-c2ccc(F)cc2)c(C(C)C)s1. The summed E-state index contributed by atoms with van der Waals surface area (Å²) in [5.41, 5.74) is 1.66.